The molecule has 1 atom stereocenters. The zero-order valence-electron chi connectivity index (χ0n) is 16.5. The normalized spacial score (nSPS) is 12.1. The maximum absolute atomic E-state index is 12.7. The molecule has 28 heavy (non-hydrogen) atoms. The molecule has 0 aliphatic heterocycles. The number of rotatable bonds is 9. The van der Waals surface area contributed by atoms with Gasteiger partial charge < -0.3 is 14.8 Å². The summed E-state index contributed by atoms with van der Waals surface area (Å²) < 4.78 is 36.6. The Morgan fingerprint density at radius 3 is 1.86 bits per heavy atom. The highest BCUT2D eigenvalue weighted by Crippen LogP contribution is 2.25. The van der Waals surface area contributed by atoms with Crippen molar-refractivity contribution in [3.63, 3.8) is 0 Å². The molecule has 0 spiro atoms. The van der Waals surface area contributed by atoms with Crippen LogP contribution in [0.5, 0.6) is 11.5 Å². The van der Waals surface area contributed by atoms with E-state index in [0.717, 1.165) is 10.6 Å². The van der Waals surface area contributed by atoms with Crippen LogP contribution >= 0.6 is 0 Å². The van der Waals surface area contributed by atoms with E-state index in [9.17, 15) is 13.2 Å². The van der Waals surface area contributed by atoms with E-state index in [2.05, 4.69) is 5.32 Å². The Morgan fingerprint density at radius 1 is 0.964 bits per heavy atom. The fraction of sp³-hybridized carbons (Fsp3) is 0.350. The molecule has 7 nitrogen and oxygen atoms in total. The fourth-order valence-electron chi connectivity index (χ4n) is 2.71. The van der Waals surface area contributed by atoms with Crippen LogP contribution in [0.1, 0.15) is 20.8 Å². The molecule has 0 radical (unpaired) electrons. The van der Waals surface area contributed by atoms with Crippen molar-refractivity contribution in [3.8, 4) is 11.5 Å². The molecule has 0 saturated heterocycles. The minimum absolute atomic E-state index is 0.389. The van der Waals surface area contributed by atoms with Crippen LogP contribution in [0.25, 0.3) is 0 Å². The quantitative estimate of drug-likeness (QED) is 0.691. The third-order valence-corrected chi connectivity index (χ3v) is 5.17. The first kappa shape index (κ1) is 21.6. The Balaban J connectivity index is 2.20. The smallest absolute Gasteiger partial charge is 0.247 e. The van der Waals surface area contributed by atoms with Crippen LogP contribution in [0.15, 0.2) is 48.5 Å². The van der Waals surface area contributed by atoms with Crippen LogP contribution in [0.2, 0.25) is 0 Å². The molecule has 0 saturated carbocycles. The summed E-state index contributed by atoms with van der Waals surface area (Å²) in [5.41, 5.74) is 0.945. The number of carbonyl (C=O) groups excluding carboxylic acids is 1. The topological polar surface area (TPSA) is 84.9 Å². The minimum atomic E-state index is -3.68. The summed E-state index contributed by atoms with van der Waals surface area (Å²) in [5, 5.41) is 2.74. The largest absolute Gasteiger partial charge is 0.494 e. The molecule has 0 bridgehead atoms. The van der Waals surface area contributed by atoms with Crippen molar-refractivity contribution in [3.05, 3.63) is 48.5 Å². The van der Waals surface area contributed by atoms with Crippen molar-refractivity contribution in [2.24, 2.45) is 0 Å². The summed E-state index contributed by atoms with van der Waals surface area (Å²) in [7, 11) is -3.68. The highest BCUT2D eigenvalue weighted by molar-refractivity contribution is 7.92. The van der Waals surface area contributed by atoms with Gasteiger partial charge in [-0.2, -0.15) is 0 Å². The molecule has 0 aliphatic carbocycles. The van der Waals surface area contributed by atoms with Crippen molar-refractivity contribution in [2.45, 2.75) is 26.8 Å². The average Bonchev–Trinajstić information content (AvgIpc) is 2.64. The zero-order chi connectivity index (χ0) is 20.7. The highest BCUT2D eigenvalue weighted by Gasteiger charge is 2.29. The molecule has 0 unspecified atom stereocenters. The molecule has 2 rings (SSSR count). The first-order chi connectivity index (χ1) is 13.3. The first-order valence-electron chi connectivity index (χ1n) is 9.02. The van der Waals surface area contributed by atoms with Gasteiger partial charge in [0.15, 0.2) is 0 Å². The molecular weight excluding hydrogens is 380 g/mol. The molecule has 152 valence electrons. The number of nitrogens with zero attached hydrogens (tertiary/aromatic N) is 1. The molecule has 2 aromatic rings. The van der Waals surface area contributed by atoms with E-state index >= 15 is 0 Å². The van der Waals surface area contributed by atoms with Crippen LogP contribution < -0.4 is 19.1 Å². The number of carbonyl (C=O) groups is 1. The summed E-state index contributed by atoms with van der Waals surface area (Å²) in [6.07, 6.45) is 1.07. The Hall–Kier alpha value is -2.74. The molecule has 0 heterocycles. The SMILES string of the molecule is CCOc1ccc(NC(=O)[C@H](C)N(c2ccc(OCC)cc2)S(C)(=O)=O)cc1. The van der Waals surface area contributed by atoms with Crippen LogP contribution in [-0.4, -0.2) is 39.8 Å². The van der Waals surface area contributed by atoms with Gasteiger partial charge in [0, 0.05) is 5.69 Å². The van der Waals surface area contributed by atoms with Crippen molar-refractivity contribution in [1.82, 2.24) is 0 Å². The molecule has 8 heteroatoms. The molecule has 2 aromatic carbocycles. The second-order valence-electron chi connectivity index (χ2n) is 6.11. The fourth-order valence-corrected chi connectivity index (χ4v) is 3.89. The lowest BCUT2D eigenvalue weighted by molar-refractivity contribution is -0.116. The lowest BCUT2D eigenvalue weighted by Crippen LogP contribution is -2.45. The van der Waals surface area contributed by atoms with Gasteiger partial charge in [-0.15, -0.1) is 0 Å². The molecule has 1 N–H and O–H groups in total. The lowest BCUT2D eigenvalue weighted by atomic mass is 10.2. The van der Waals surface area contributed by atoms with Gasteiger partial charge in [0.2, 0.25) is 15.9 Å². The number of ether oxygens (including phenoxy) is 2. The van der Waals surface area contributed by atoms with E-state index in [1.165, 1.54) is 0 Å². The van der Waals surface area contributed by atoms with Gasteiger partial charge in [0.1, 0.15) is 17.5 Å². The van der Waals surface area contributed by atoms with Gasteiger partial charge >= 0.3 is 0 Å². The zero-order valence-corrected chi connectivity index (χ0v) is 17.3. The molecular formula is C20H26N2O5S. The third kappa shape index (κ3) is 5.63. The van der Waals surface area contributed by atoms with E-state index in [0.29, 0.717) is 36.1 Å². The maximum Gasteiger partial charge on any atom is 0.247 e. The summed E-state index contributed by atoms with van der Waals surface area (Å²) in [5.74, 6) is 0.885. The van der Waals surface area contributed by atoms with E-state index in [1.807, 2.05) is 13.8 Å². The van der Waals surface area contributed by atoms with E-state index in [1.54, 1.807) is 55.5 Å². The molecule has 1 amide bonds. The van der Waals surface area contributed by atoms with Gasteiger partial charge in [0.05, 0.1) is 25.2 Å². The second kappa shape index (κ2) is 9.45. The van der Waals surface area contributed by atoms with E-state index in [-0.39, 0.29) is 0 Å². The van der Waals surface area contributed by atoms with Crippen molar-refractivity contribution in [1.29, 1.82) is 0 Å². The number of hydrogen-bond donors (Lipinski definition) is 1. The van der Waals surface area contributed by atoms with Crippen molar-refractivity contribution in [2.75, 3.05) is 29.1 Å². The average molecular weight is 407 g/mol. The van der Waals surface area contributed by atoms with Crippen LogP contribution in [0.4, 0.5) is 11.4 Å². The standard InChI is InChI=1S/C20H26N2O5S/c1-5-26-18-11-7-16(8-12-18)21-20(23)15(3)22(28(4,24)25)17-9-13-19(14-10-17)27-6-2/h7-15H,5-6H2,1-4H3,(H,21,23)/t15-/m0/s1. The number of anilines is 2. The van der Waals surface area contributed by atoms with Gasteiger partial charge in [-0.05, 0) is 69.3 Å². The number of benzene rings is 2. The van der Waals surface area contributed by atoms with Crippen LogP contribution in [-0.2, 0) is 14.8 Å². The Kier molecular flexibility index (Phi) is 7.28. The van der Waals surface area contributed by atoms with Crippen LogP contribution in [0, 0.1) is 0 Å². The molecule has 0 aromatic heterocycles. The second-order valence-corrected chi connectivity index (χ2v) is 7.97. The minimum Gasteiger partial charge on any atom is -0.494 e. The van der Waals surface area contributed by atoms with E-state index < -0.39 is 22.0 Å². The predicted octanol–water partition coefficient (Wildman–Crippen LogP) is 3.28. The third-order valence-electron chi connectivity index (χ3n) is 3.92. The van der Waals surface area contributed by atoms with Gasteiger partial charge in [-0.3, -0.25) is 9.10 Å². The first-order valence-corrected chi connectivity index (χ1v) is 10.9. The number of nitrogens with one attached hydrogen (secondary N) is 1. The summed E-state index contributed by atoms with van der Waals surface area (Å²) >= 11 is 0. The number of amides is 1. The van der Waals surface area contributed by atoms with Crippen molar-refractivity contribution >= 4 is 27.3 Å². The van der Waals surface area contributed by atoms with E-state index in [4.69, 9.17) is 9.47 Å². The van der Waals surface area contributed by atoms with Crippen LogP contribution in [0.3, 0.4) is 0 Å². The number of sulfonamides is 1. The Morgan fingerprint density at radius 2 is 1.43 bits per heavy atom. The summed E-state index contributed by atoms with van der Waals surface area (Å²) in [6.45, 7) is 6.35. The Labute approximate surface area is 166 Å². The van der Waals surface area contributed by atoms with Gasteiger partial charge in [0.25, 0.3) is 0 Å². The number of hydrogen-bond acceptors (Lipinski definition) is 5. The lowest BCUT2D eigenvalue weighted by Gasteiger charge is -2.28. The maximum atomic E-state index is 12.7. The monoisotopic (exact) mass is 406 g/mol. The molecule has 0 fully saturated rings. The summed E-state index contributed by atoms with van der Waals surface area (Å²) in [6, 6.07) is 12.5. The highest BCUT2D eigenvalue weighted by atomic mass is 32.2. The van der Waals surface area contributed by atoms with Gasteiger partial charge in [-0.1, -0.05) is 0 Å². The Bertz CT molecular complexity index is 880. The summed E-state index contributed by atoms with van der Waals surface area (Å²) in [4.78, 5) is 12.7. The van der Waals surface area contributed by atoms with Crippen molar-refractivity contribution < 1.29 is 22.7 Å². The predicted molar refractivity (Wildman–Crippen MR) is 111 cm³/mol. The molecule has 0 aliphatic rings. The van der Waals surface area contributed by atoms with Gasteiger partial charge in [-0.25, -0.2) is 8.42 Å².